The van der Waals surface area contributed by atoms with E-state index < -0.39 is 9.84 Å². The fraction of sp³-hybridized carbons (Fsp3) is 1.00. The second kappa shape index (κ2) is 4.65. The van der Waals surface area contributed by atoms with Crippen LogP contribution < -0.4 is 5.32 Å². The maximum atomic E-state index is 12.3. The zero-order valence-electron chi connectivity index (χ0n) is 10.3. The molecule has 1 heterocycles. The lowest BCUT2D eigenvalue weighted by atomic mass is 9.84. The van der Waals surface area contributed by atoms with Gasteiger partial charge in [-0.25, -0.2) is 8.42 Å². The Morgan fingerprint density at radius 3 is 2.75 bits per heavy atom. The van der Waals surface area contributed by atoms with E-state index in [1.807, 2.05) is 6.92 Å². The average molecular weight is 245 g/mol. The summed E-state index contributed by atoms with van der Waals surface area (Å²) in [5.41, 5.74) is 0. The summed E-state index contributed by atoms with van der Waals surface area (Å²) in [5.74, 6) is 1.25. The van der Waals surface area contributed by atoms with Crippen LogP contribution in [-0.2, 0) is 9.84 Å². The Balaban J connectivity index is 2.19. The predicted octanol–water partition coefficient (Wildman–Crippen LogP) is 1.59. The van der Waals surface area contributed by atoms with Crippen LogP contribution in [0, 0.1) is 11.8 Å². The first-order chi connectivity index (χ1) is 7.53. The molecule has 2 rings (SSSR count). The summed E-state index contributed by atoms with van der Waals surface area (Å²) in [6, 6.07) is 0.220. The first kappa shape index (κ1) is 12.4. The van der Waals surface area contributed by atoms with Crippen LogP contribution in [0.5, 0.6) is 0 Å². The lowest BCUT2D eigenvalue weighted by molar-refractivity contribution is 0.289. The van der Waals surface area contributed by atoms with Gasteiger partial charge in [0.1, 0.15) is 0 Å². The number of hydrogen-bond acceptors (Lipinski definition) is 3. The first-order valence-electron chi connectivity index (χ1n) is 6.48. The Morgan fingerprint density at radius 1 is 1.31 bits per heavy atom. The van der Waals surface area contributed by atoms with E-state index in [2.05, 4.69) is 12.2 Å². The summed E-state index contributed by atoms with van der Waals surface area (Å²) in [5, 5.41) is 3.34. The summed E-state index contributed by atoms with van der Waals surface area (Å²) in [7, 11) is -2.87. The first-order valence-corrected chi connectivity index (χ1v) is 8.19. The molecule has 0 radical (unpaired) electrons. The molecule has 1 aliphatic heterocycles. The third kappa shape index (κ3) is 2.43. The van der Waals surface area contributed by atoms with Crippen LogP contribution in [0.25, 0.3) is 0 Å². The molecule has 1 saturated carbocycles. The molecule has 94 valence electrons. The third-order valence-corrected chi connectivity index (χ3v) is 6.66. The highest BCUT2D eigenvalue weighted by molar-refractivity contribution is 7.92. The van der Waals surface area contributed by atoms with E-state index in [0.717, 1.165) is 25.8 Å². The van der Waals surface area contributed by atoms with Gasteiger partial charge in [-0.15, -0.1) is 0 Å². The van der Waals surface area contributed by atoms with E-state index in [4.69, 9.17) is 0 Å². The SMILES string of the molecule is CCC1CCC2NCC(C)CS(=O)(=O)C2C1. The fourth-order valence-electron chi connectivity index (χ4n) is 3.14. The molecule has 1 aliphatic carbocycles. The van der Waals surface area contributed by atoms with Crippen molar-refractivity contribution in [2.75, 3.05) is 12.3 Å². The van der Waals surface area contributed by atoms with Crippen molar-refractivity contribution in [3.8, 4) is 0 Å². The smallest absolute Gasteiger partial charge is 0.155 e. The lowest BCUT2D eigenvalue weighted by Gasteiger charge is -2.34. The van der Waals surface area contributed by atoms with Crippen molar-refractivity contribution in [1.29, 1.82) is 0 Å². The average Bonchev–Trinajstić information content (AvgIpc) is 2.35. The van der Waals surface area contributed by atoms with Crippen LogP contribution in [-0.4, -0.2) is 32.0 Å². The third-order valence-electron chi connectivity index (χ3n) is 4.18. The fourth-order valence-corrected chi connectivity index (χ4v) is 5.60. The summed E-state index contributed by atoms with van der Waals surface area (Å²) >= 11 is 0. The van der Waals surface area contributed by atoms with Crippen LogP contribution in [0.1, 0.15) is 39.5 Å². The van der Waals surface area contributed by atoms with Crippen LogP contribution in [0.2, 0.25) is 0 Å². The molecule has 2 fully saturated rings. The highest BCUT2D eigenvalue weighted by atomic mass is 32.2. The van der Waals surface area contributed by atoms with E-state index in [1.165, 1.54) is 6.42 Å². The topological polar surface area (TPSA) is 46.2 Å². The van der Waals surface area contributed by atoms with Crippen LogP contribution in [0.4, 0.5) is 0 Å². The monoisotopic (exact) mass is 245 g/mol. The number of sulfone groups is 1. The van der Waals surface area contributed by atoms with Crippen molar-refractivity contribution in [1.82, 2.24) is 5.32 Å². The Kier molecular flexibility index (Phi) is 3.59. The van der Waals surface area contributed by atoms with Gasteiger partial charge in [-0.05, 0) is 37.6 Å². The number of nitrogens with one attached hydrogen (secondary N) is 1. The lowest BCUT2D eigenvalue weighted by Crippen LogP contribution is -2.46. The molecule has 0 aromatic carbocycles. The summed E-state index contributed by atoms with van der Waals surface area (Å²) in [6.45, 7) is 5.06. The minimum absolute atomic E-state index is 0.115. The van der Waals surface area contributed by atoms with Gasteiger partial charge in [0.15, 0.2) is 9.84 Å². The maximum absolute atomic E-state index is 12.3. The van der Waals surface area contributed by atoms with Gasteiger partial charge in [-0.1, -0.05) is 20.3 Å². The van der Waals surface area contributed by atoms with Crippen LogP contribution >= 0.6 is 0 Å². The highest BCUT2D eigenvalue weighted by Crippen LogP contribution is 2.33. The Hall–Kier alpha value is -0.0900. The summed E-state index contributed by atoms with van der Waals surface area (Å²) in [4.78, 5) is 0. The second-order valence-corrected chi connectivity index (χ2v) is 7.84. The van der Waals surface area contributed by atoms with Gasteiger partial charge in [0.05, 0.1) is 11.0 Å². The molecule has 3 nitrogen and oxygen atoms in total. The quantitative estimate of drug-likeness (QED) is 0.763. The van der Waals surface area contributed by atoms with Crippen molar-refractivity contribution in [2.45, 2.75) is 50.8 Å². The molecule has 2 aliphatic rings. The number of hydrogen-bond donors (Lipinski definition) is 1. The summed E-state index contributed by atoms with van der Waals surface area (Å²) in [6.07, 6.45) is 4.22. The minimum Gasteiger partial charge on any atom is -0.312 e. The minimum atomic E-state index is -2.87. The van der Waals surface area contributed by atoms with Crippen molar-refractivity contribution >= 4 is 9.84 Å². The van der Waals surface area contributed by atoms with E-state index in [0.29, 0.717) is 11.7 Å². The number of fused-ring (bicyclic) bond motifs is 1. The predicted molar refractivity (Wildman–Crippen MR) is 66.2 cm³/mol. The molecule has 0 aromatic rings. The Labute approximate surface area is 98.9 Å². The molecule has 0 bridgehead atoms. The zero-order chi connectivity index (χ0) is 11.8. The van der Waals surface area contributed by atoms with Crippen molar-refractivity contribution in [3.05, 3.63) is 0 Å². The molecule has 0 aromatic heterocycles. The molecule has 4 heteroatoms. The molecule has 1 saturated heterocycles. The zero-order valence-corrected chi connectivity index (χ0v) is 11.1. The van der Waals surface area contributed by atoms with E-state index in [-0.39, 0.29) is 17.2 Å². The van der Waals surface area contributed by atoms with E-state index >= 15 is 0 Å². The van der Waals surface area contributed by atoms with E-state index in [1.54, 1.807) is 0 Å². The van der Waals surface area contributed by atoms with Gasteiger partial charge in [0.25, 0.3) is 0 Å². The number of rotatable bonds is 1. The van der Waals surface area contributed by atoms with Crippen molar-refractivity contribution in [2.24, 2.45) is 11.8 Å². The molecular formula is C12H23NO2S. The standard InChI is InChI=1S/C12H23NO2S/c1-3-10-4-5-11-12(6-10)16(14,15)8-9(2)7-13-11/h9-13H,3-8H2,1-2H3. The maximum Gasteiger partial charge on any atom is 0.155 e. The van der Waals surface area contributed by atoms with Gasteiger partial charge in [0, 0.05) is 6.04 Å². The Bertz CT molecular complexity index is 339. The molecule has 4 unspecified atom stereocenters. The van der Waals surface area contributed by atoms with Gasteiger partial charge < -0.3 is 5.32 Å². The van der Waals surface area contributed by atoms with Crippen LogP contribution in [0.15, 0.2) is 0 Å². The highest BCUT2D eigenvalue weighted by Gasteiger charge is 2.40. The van der Waals surface area contributed by atoms with Gasteiger partial charge in [-0.2, -0.15) is 0 Å². The summed E-state index contributed by atoms with van der Waals surface area (Å²) < 4.78 is 24.5. The molecule has 4 atom stereocenters. The van der Waals surface area contributed by atoms with Crippen molar-refractivity contribution < 1.29 is 8.42 Å². The second-order valence-electron chi connectivity index (χ2n) is 5.58. The molecule has 0 amide bonds. The molecule has 0 spiro atoms. The van der Waals surface area contributed by atoms with E-state index in [9.17, 15) is 8.42 Å². The van der Waals surface area contributed by atoms with Gasteiger partial charge >= 0.3 is 0 Å². The van der Waals surface area contributed by atoms with Gasteiger partial charge in [-0.3, -0.25) is 0 Å². The molecule has 16 heavy (non-hydrogen) atoms. The Morgan fingerprint density at radius 2 is 2.06 bits per heavy atom. The molecular weight excluding hydrogens is 222 g/mol. The van der Waals surface area contributed by atoms with Crippen molar-refractivity contribution in [3.63, 3.8) is 0 Å². The largest absolute Gasteiger partial charge is 0.312 e. The van der Waals surface area contributed by atoms with Crippen LogP contribution in [0.3, 0.4) is 0 Å². The molecule has 1 N–H and O–H groups in total. The normalized spacial score (nSPS) is 43.4. The van der Waals surface area contributed by atoms with Gasteiger partial charge in [0.2, 0.25) is 0 Å².